The Kier molecular flexibility index (Phi) is 3.40. The van der Waals surface area contributed by atoms with Gasteiger partial charge in [-0.05, 0) is 43.4 Å². The van der Waals surface area contributed by atoms with E-state index in [1.807, 2.05) is 19.3 Å². The Labute approximate surface area is 113 Å². The van der Waals surface area contributed by atoms with E-state index in [2.05, 4.69) is 38.1 Å². The molecule has 0 N–H and O–H groups in total. The van der Waals surface area contributed by atoms with Gasteiger partial charge in [-0.3, -0.25) is 4.98 Å². The van der Waals surface area contributed by atoms with Crippen LogP contribution in [0.2, 0.25) is 0 Å². The van der Waals surface area contributed by atoms with Crippen molar-refractivity contribution in [2.75, 3.05) is 18.0 Å². The Morgan fingerprint density at radius 1 is 1.11 bits per heavy atom. The van der Waals surface area contributed by atoms with Crippen LogP contribution in [0.1, 0.15) is 30.0 Å². The summed E-state index contributed by atoms with van der Waals surface area (Å²) in [5.41, 5.74) is 2.44. The van der Waals surface area contributed by atoms with Gasteiger partial charge >= 0.3 is 0 Å². The third-order valence-corrected chi connectivity index (χ3v) is 3.79. The summed E-state index contributed by atoms with van der Waals surface area (Å²) in [6, 6.07) is 6.33. The van der Waals surface area contributed by atoms with E-state index in [4.69, 9.17) is 0 Å². The molecular formula is C15H18N4. The van der Waals surface area contributed by atoms with E-state index in [1.165, 1.54) is 18.4 Å². The van der Waals surface area contributed by atoms with Crippen LogP contribution in [0.5, 0.6) is 0 Å². The molecule has 0 amide bonds. The summed E-state index contributed by atoms with van der Waals surface area (Å²) in [5.74, 6) is 1.71. The SMILES string of the molecule is Cc1cc(N2CCC(c3ccncc3)CC2)ncn1. The van der Waals surface area contributed by atoms with Crippen molar-refractivity contribution in [3.8, 4) is 0 Å². The first-order valence-corrected chi connectivity index (χ1v) is 6.76. The van der Waals surface area contributed by atoms with Crippen LogP contribution in [-0.2, 0) is 0 Å². The average Bonchev–Trinajstić information content (AvgIpc) is 2.48. The highest BCUT2D eigenvalue weighted by Crippen LogP contribution is 2.29. The van der Waals surface area contributed by atoms with E-state index >= 15 is 0 Å². The van der Waals surface area contributed by atoms with Gasteiger partial charge in [-0.2, -0.15) is 0 Å². The Bertz CT molecular complexity index is 533. The molecule has 0 saturated carbocycles. The molecule has 0 aromatic carbocycles. The van der Waals surface area contributed by atoms with Gasteiger partial charge in [-0.25, -0.2) is 9.97 Å². The lowest BCUT2D eigenvalue weighted by molar-refractivity contribution is 0.502. The highest BCUT2D eigenvalue weighted by atomic mass is 15.2. The van der Waals surface area contributed by atoms with Gasteiger partial charge in [-0.1, -0.05) is 0 Å². The lowest BCUT2D eigenvalue weighted by Gasteiger charge is -2.33. The maximum atomic E-state index is 4.37. The van der Waals surface area contributed by atoms with Gasteiger partial charge in [-0.15, -0.1) is 0 Å². The molecule has 4 heteroatoms. The first kappa shape index (κ1) is 12.1. The highest BCUT2D eigenvalue weighted by Gasteiger charge is 2.21. The van der Waals surface area contributed by atoms with Crippen LogP contribution >= 0.6 is 0 Å². The van der Waals surface area contributed by atoms with Gasteiger partial charge in [0.25, 0.3) is 0 Å². The number of rotatable bonds is 2. The van der Waals surface area contributed by atoms with Crippen LogP contribution in [0, 0.1) is 6.92 Å². The minimum absolute atomic E-state index is 0.655. The third-order valence-electron chi connectivity index (χ3n) is 3.79. The van der Waals surface area contributed by atoms with Crippen molar-refractivity contribution in [3.05, 3.63) is 48.2 Å². The van der Waals surface area contributed by atoms with E-state index in [0.29, 0.717) is 5.92 Å². The van der Waals surface area contributed by atoms with Crippen molar-refractivity contribution in [2.45, 2.75) is 25.7 Å². The topological polar surface area (TPSA) is 41.9 Å². The highest BCUT2D eigenvalue weighted by molar-refractivity contribution is 5.39. The molecule has 1 aliphatic heterocycles. The first-order chi connectivity index (χ1) is 9.33. The summed E-state index contributed by atoms with van der Waals surface area (Å²) in [6.45, 7) is 4.13. The number of aryl methyl sites for hydroxylation is 1. The fourth-order valence-electron chi connectivity index (χ4n) is 2.69. The van der Waals surface area contributed by atoms with E-state index in [-0.39, 0.29) is 0 Å². The third kappa shape index (κ3) is 2.72. The second-order valence-corrected chi connectivity index (χ2v) is 5.06. The minimum Gasteiger partial charge on any atom is -0.356 e. The summed E-state index contributed by atoms with van der Waals surface area (Å²) in [4.78, 5) is 15.0. The molecule has 3 rings (SSSR count). The zero-order valence-electron chi connectivity index (χ0n) is 11.2. The summed E-state index contributed by atoms with van der Waals surface area (Å²) in [5, 5.41) is 0. The van der Waals surface area contributed by atoms with Gasteiger partial charge in [0, 0.05) is 37.2 Å². The Hall–Kier alpha value is -1.97. The van der Waals surface area contributed by atoms with E-state index in [0.717, 1.165) is 24.6 Å². The van der Waals surface area contributed by atoms with Crippen LogP contribution in [0.3, 0.4) is 0 Å². The zero-order valence-corrected chi connectivity index (χ0v) is 11.2. The summed E-state index contributed by atoms with van der Waals surface area (Å²) in [7, 11) is 0. The predicted octanol–water partition coefficient (Wildman–Crippen LogP) is 2.56. The molecule has 0 radical (unpaired) electrons. The molecule has 2 aromatic rings. The normalized spacial score (nSPS) is 16.6. The van der Waals surface area contributed by atoms with E-state index in [9.17, 15) is 0 Å². The van der Waals surface area contributed by atoms with Gasteiger partial charge in [0.2, 0.25) is 0 Å². The smallest absolute Gasteiger partial charge is 0.132 e. The number of pyridine rings is 1. The molecule has 0 spiro atoms. The van der Waals surface area contributed by atoms with Crippen LogP contribution < -0.4 is 4.90 Å². The maximum absolute atomic E-state index is 4.37. The second kappa shape index (κ2) is 5.34. The predicted molar refractivity (Wildman–Crippen MR) is 75.2 cm³/mol. The van der Waals surface area contributed by atoms with Crippen molar-refractivity contribution in [3.63, 3.8) is 0 Å². The molecule has 0 aliphatic carbocycles. The molecule has 0 unspecified atom stereocenters. The number of hydrogen-bond acceptors (Lipinski definition) is 4. The first-order valence-electron chi connectivity index (χ1n) is 6.76. The van der Waals surface area contributed by atoms with Crippen molar-refractivity contribution < 1.29 is 0 Å². The molecule has 98 valence electrons. The fraction of sp³-hybridized carbons (Fsp3) is 0.400. The number of aromatic nitrogens is 3. The van der Waals surface area contributed by atoms with Gasteiger partial charge in [0.1, 0.15) is 12.1 Å². The summed E-state index contributed by atoms with van der Waals surface area (Å²) in [6.07, 6.45) is 7.77. The molecule has 4 nitrogen and oxygen atoms in total. The number of nitrogens with zero attached hydrogens (tertiary/aromatic N) is 4. The molecule has 0 bridgehead atoms. The van der Waals surface area contributed by atoms with Gasteiger partial charge < -0.3 is 4.90 Å². The fourth-order valence-corrected chi connectivity index (χ4v) is 2.69. The lowest BCUT2D eigenvalue weighted by Crippen LogP contribution is -2.33. The van der Waals surface area contributed by atoms with Crippen molar-refractivity contribution in [1.29, 1.82) is 0 Å². The number of anilines is 1. The van der Waals surface area contributed by atoms with Crippen LogP contribution in [0.15, 0.2) is 36.9 Å². The number of hydrogen-bond donors (Lipinski definition) is 0. The quantitative estimate of drug-likeness (QED) is 0.826. The lowest BCUT2D eigenvalue weighted by atomic mass is 9.90. The van der Waals surface area contributed by atoms with E-state index in [1.54, 1.807) is 6.33 Å². The average molecular weight is 254 g/mol. The van der Waals surface area contributed by atoms with Crippen LogP contribution in [-0.4, -0.2) is 28.0 Å². The Balaban J connectivity index is 1.67. The van der Waals surface area contributed by atoms with Gasteiger partial charge in [0.15, 0.2) is 0 Å². The standard InChI is InChI=1S/C15H18N4/c1-12-10-15(18-11-17-12)19-8-4-14(5-9-19)13-2-6-16-7-3-13/h2-3,6-7,10-11,14H,4-5,8-9H2,1H3. The summed E-state index contributed by atoms with van der Waals surface area (Å²) >= 11 is 0. The number of piperidine rings is 1. The zero-order chi connectivity index (χ0) is 13.1. The van der Waals surface area contributed by atoms with Crippen molar-refractivity contribution >= 4 is 5.82 Å². The molecule has 19 heavy (non-hydrogen) atoms. The van der Waals surface area contributed by atoms with Gasteiger partial charge in [0.05, 0.1) is 0 Å². The minimum atomic E-state index is 0.655. The van der Waals surface area contributed by atoms with E-state index < -0.39 is 0 Å². The summed E-state index contributed by atoms with van der Waals surface area (Å²) < 4.78 is 0. The molecule has 3 heterocycles. The Morgan fingerprint density at radius 2 is 1.84 bits per heavy atom. The largest absolute Gasteiger partial charge is 0.356 e. The van der Waals surface area contributed by atoms with Crippen LogP contribution in [0.25, 0.3) is 0 Å². The molecule has 1 saturated heterocycles. The van der Waals surface area contributed by atoms with Crippen molar-refractivity contribution in [1.82, 2.24) is 15.0 Å². The maximum Gasteiger partial charge on any atom is 0.132 e. The second-order valence-electron chi connectivity index (χ2n) is 5.06. The van der Waals surface area contributed by atoms with Crippen molar-refractivity contribution in [2.24, 2.45) is 0 Å². The molecule has 1 aliphatic rings. The van der Waals surface area contributed by atoms with Crippen LogP contribution in [0.4, 0.5) is 5.82 Å². The molecule has 2 aromatic heterocycles. The molecular weight excluding hydrogens is 236 g/mol. The monoisotopic (exact) mass is 254 g/mol. The molecule has 1 fully saturated rings. The Morgan fingerprint density at radius 3 is 2.53 bits per heavy atom. The molecule has 0 atom stereocenters.